The van der Waals surface area contributed by atoms with Gasteiger partial charge in [0.25, 0.3) is 0 Å². The van der Waals surface area contributed by atoms with Crippen molar-refractivity contribution in [3.8, 4) is 0 Å². The van der Waals surface area contributed by atoms with Gasteiger partial charge in [0.2, 0.25) is 5.95 Å². The number of esters is 1. The number of aromatic nitrogens is 2. The number of benzene rings is 1. The smallest absolute Gasteiger partial charge is 0.309 e. The van der Waals surface area contributed by atoms with E-state index < -0.39 is 9.84 Å². The summed E-state index contributed by atoms with van der Waals surface area (Å²) in [5.74, 6) is 0.691. The lowest BCUT2D eigenvalue weighted by atomic mass is 10.0. The Balaban J connectivity index is 1.38. The first kappa shape index (κ1) is 24.9. The number of ether oxygens (including phenoxy) is 2. The van der Waals surface area contributed by atoms with Gasteiger partial charge in [-0.3, -0.25) is 9.69 Å². The SMILES string of the molecule is COC(=O)Cc1ccc(Nc2nc(N3CCC(N4CCOCC4)CC3)nc3c2S(=O)(=O)CCC3)cc1. The molecule has 2 saturated heterocycles. The predicted molar refractivity (Wildman–Crippen MR) is 135 cm³/mol. The molecule has 0 radical (unpaired) electrons. The summed E-state index contributed by atoms with van der Waals surface area (Å²) in [7, 11) is -2.12. The number of hydrogen-bond acceptors (Lipinski definition) is 10. The Kier molecular flexibility index (Phi) is 7.40. The van der Waals surface area contributed by atoms with E-state index >= 15 is 0 Å². The average molecular weight is 516 g/mol. The van der Waals surface area contributed by atoms with E-state index in [1.54, 1.807) is 0 Å². The van der Waals surface area contributed by atoms with Crippen molar-refractivity contribution in [1.82, 2.24) is 14.9 Å². The van der Waals surface area contributed by atoms with E-state index in [-0.39, 0.29) is 23.0 Å². The number of carbonyl (C=O) groups is 1. The van der Waals surface area contributed by atoms with Crippen LogP contribution >= 0.6 is 0 Å². The number of anilines is 3. The van der Waals surface area contributed by atoms with Gasteiger partial charge in [-0.1, -0.05) is 12.1 Å². The van der Waals surface area contributed by atoms with Crippen LogP contribution in [0.3, 0.4) is 0 Å². The van der Waals surface area contributed by atoms with Crippen LogP contribution < -0.4 is 10.2 Å². The highest BCUT2D eigenvalue weighted by Crippen LogP contribution is 2.34. The lowest BCUT2D eigenvalue weighted by molar-refractivity contribution is -0.139. The van der Waals surface area contributed by atoms with E-state index in [0.717, 1.165) is 57.8 Å². The second-order valence-electron chi connectivity index (χ2n) is 9.51. The number of aryl methyl sites for hydroxylation is 1. The second kappa shape index (κ2) is 10.7. The minimum Gasteiger partial charge on any atom is -0.469 e. The molecule has 0 atom stereocenters. The molecule has 4 heterocycles. The molecule has 11 heteroatoms. The van der Waals surface area contributed by atoms with Crippen molar-refractivity contribution in [2.45, 2.75) is 43.0 Å². The standard InChI is InChI=1S/C25H33N5O5S/c1-34-22(31)17-18-4-6-19(7-5-18)26-24-23-21(3-2-16-36(23,32)33)27-25(28-24)30-10-8-20(9-11-30)29-12-14-35-15-13-29/h4-7,20H,2-3,8-17H2,1H3,(H,26,27,28). The van der Waals surface area contributed by atoms with Crippen LogP contribution in [0.1, 0.15) is 30.5 Å². The zero-order chi connectivity index (χ0) is 25.1. The number of rotatable bonds is 6. The van der Waals surface area contributed by atoms with Gasteiger partial charge in [-0.2, -0.15) is 4.98 Å². The van der Waals surface area contributed by atoms with Gasteiger partial charge >= 0.3 is 5.97 Å². The molecule has 0 spiro atoms. The van der Waals surface area contributed by atoms with Crippen molar-refractivity contribution < 1.29 is 22.7 Å². The molecule has 1 aromatic heterocycles. The Labute approximate surface area is 211 Å². The number of sulfone groups is 1. The molecule has 194 valence electrons. The summed E-state index contributed by atoms with van der Waals surface area (Å²) < 4.78 is 36.2. The quantitative estimate of drug-likeness (QED) is 0.573. The normalized spacial score (nSPS) is 20.5. The monoisotopic (exact) mass is 515 g/mol. The van der Waals surface area contributed by atoms with Crippen LogP contribution in [-0.4, -0.2) is 87.6 Å². The van der Waals surface area contributed by atoms with Crippen LogP contribution in [-0.2, 0) is 36.9 Å². The summed E-state index contributed by atoms with van der Waals surface area (Å²) >= 11 is 0. The highest BCUT2D eigenvalue weighted by Gasteiger charge is 2.32. The van der Waals surface area contributed by atoms with Crippen molar-refractivity contribution in [3.05, 3.63) is 35.5 Å². The van der Waals surface area contributed by atoms with Crippen LogP contribution in [0.2, 0.25) is 0 Å². The number of carbonyl (C=O) groups excluding carboxylic acids is 1. The molecule has 1 aromatic carbocycles. The lowest BCUT2D eigenvalue weighted by Crippen LogP contribution is -2.49. The number of methoxy groups -OCH3 is 1. The van der Waals surface area contributed by atoms with Gasteiger partial charge in [-0.15, -0.1) is 0 Å². The summed E-state index contributed by atoms with van der Waals surface area (Å²) in [6.07, 6.45) is 3.39. The molecule has 0 bridgehead atoms. The van der Waals surface area contributed by atoms with Crippen molar-refractivity contribution in [2.75, 3.05) is 62.5 Å². The molecule has 0 aliphatic carbocycles. The molecule has 3 aliphatic rings. The van der Waals surface area contributed by atoms with Gasteiger partial charge in [-0.25, -0.2) is 13.4 Å². The van der Waals surface area contributed by atoms with Crippen molar-refractivity contribution in [3.63, 3.8) is 0 Å². The molecular formula is C25H33N5O5S. The summed E-state index contributed by atoms with van der Waals surface area (Å²) in [6.45, 7) is 5.20. The summed E-state index contributed by atoms with van der Waals surface area (Å²) in [6, 6.07) is 7.80. The van der Waals surface area contributed by atoms with Crippen molar-refractivity contribution in [2.24, 2.45) is 0 Å². The largest absolute Gasteiger partial charge is 0.469 e. The minimum atomic E-state index is -3.48. The maximum atomic E-state index is 13.0. The van der Waals surface area contributed by atoms with Gasteiger partial charge in [0.05, 0.1) is 38.2 Å². The average Bonchev–Trinajstić information content (AvgIpc) is 2.90. The Bertz CT molecular complexity index is 1190. The lowest BCUT2D eigenvalue weighted by Gasteiger charge is -2.40. The molecule has 0 amide bonds. The number of hydrogen-bond donors (Lipinski definition) is 1. The highest BCUT2D eigenvalue weighted by molar-refractivity contribution is 7.91. The first-order valence-electron chi connectivity index (χ1n) is 12.6. The van der Waals surface area contributed by atoms with E-state index in [1.165, 1.54) is 7.11 Å². The maximum Gasteiger partial charge on any atom is 0.309 e. The molecule has 0 saturated carbocycles. The molecule has 10 nitrogen and oxygen atoms in total. The molecule has 3 aliphatic heterocycles. The molecule has 5 rings (SSSR count). The van der Waals surface area contributed by atoms with E-state index in [0.29, 0.717) is 42.0 Å². The van der Waals surface area contributed by atoms with Crippen LogP contribution in [0, 0.1) is 0 Å². The van der Waals surface area contributed by atoms with Crippen LogP contribution in [0.5, 0.6) is 0 Å². The van der Waals surface area contributed by atoms with E-state index in [2.05, 4.69) is 15.1 Å². The third kappa shape index (κ3) is 5.47. The fraction of sp³-hybridized carbons (Fsp3) is 0.560. The van der Waals surface area contributed by atoms with Gasteiger partial charge in [0.1, 0.15) is 4.90 Å². The fourth-order valence-electron chi connectivity index (χ4n) is 5.19. The first-order valence-corrected chi connectivity index (χ1v) is 14.2. The fourth-order valence-corrected chi connectivity index (χ4v) is 6.82. The van der Waals surface area contributed by atoms with Gasteiger partial charge < -0.3 is 19.7 Å². The molecule has 0 unspecified atom stereocenters. The Morgan fingerprint density at radius 3 is 2.53 bits per heavy atom. The zero-order valence-corrected chi connectivity index (χ0v) is 21.4. The Hall–Kier alpha value is -2.76. The number of morpholine rings is 1. The molecule has 2 fully saturated rings. The molecule has 36 heavy (non-hydrogen) atoms. The number of piperidine rings is 1. The number of fused-ring (bicyclic) bond motifs is 1. The zero-order valence-electron chi connectivity index (χ0n) is 20.6. The van der Waals surface area contributed by atoms with Crippen LogP contribution in [0.4, 0.5) is 17.5 Å². The maximum absolute atomic E-state index is 13.0. The Morgan fingerprint density at radius 2 is 1.83 bits per heavy atom. The topological polar surface area (TPSA) is 114 Å². The minimum absolute atomic E-state index is 0.0976. The van der Waals surface area contributed by atoms with E-state index in [1.807, 2.05) is 24.3 Å². The van der Waals surface area contributed by atoms with Crippen molar-refractivity contribution >= 4 is 33.3 Å². The molecule has 2 aromatic rings. The van der Waals surface area contributed by atoms with Gasteiger partial charge in [0.15, 0.2) is 15.7 Å². The summed E-state index contributed by atoms with van der Waals surface area (Å²) in [5, 5.41) is 3.23. The van der Waals surface area contributed by atoms with E-state index in [4.69, 9.17) is 19.4 Å². The molecular weight excluding hydrogens is 482 g/mol. The third-order valence-electron chi connectivity index (χ3n) is 7.16. The van der Waals surface area contributed by atoms with Crippen LogP contribution in [0.25, 0.3) is 0 Å². The summed E-state index contributed by atoms with van der Waals surface area (Å²) in [4.78, 5) is 25.9. The van der Waals surface area contributed by atoms with E-state index in [9.17, 15) is 13.2 Å². The summed E-state index contributed by atoms with van der Waals surface area (Å²) in [5.41, 5.74) is 2.10. The van der Waals surface area contributed by atoms with Gasteiger partial charge in [0, 0.05) is 37.9 Å². The van der Waals surface area contributed by atoms with Crippen molar-refractivity contribution in [1.29, 1.82) is 0 Å². The highest BCUT2D eigenvalue weighted by atomic mass is 32.2. The van der Waals surface area contributed by atoms with Gasteiger partial charge in [-0.05, 0) is 43.4 Å². The first-order chi connectivity index (χ1) is 17.4. The second-order valence-corrected chi connectivity index (χ2v) is 11.6. The molecule has 1 N–H and O–H groups in total. The number of nitrogens with one attached hydrogen (secondary N) is 1. The van der Waals surface area contributed by atoms with Crippen LogP contribution in [0.15, 0.2) is 29.2 Å². The Morgan fingerprint density at radius 1 is 1.11 bits per heavy atom. The number of nitrogens with zero attached hydrogens (tertiary/aromatic N) is 4. The third-order valence-corrected chi connectivity index (χ3v) is 9.04. The predicted octanol–water partition coefficient (Wildman–Crippen LogP) is 1.96.